The van der Waals surface area contributed by atoms with Crippen LogP contribution in [-0.2, 0) is 0 Å². The lowest BCUT2D eigenvalue weighted by atomic mass is 10.3. The molecule has 0 amide bonds. The smallest absolute Gasteiger partial charge is 0.153 e. The Bertz CT molecular complexity index is 529. The first-order valence-corrected chi connectivity index (χ1v) is 5.06. The Morgan fingerprint density at radius 3 is 2.59 bits per heavy atom. The maximum atomic E-state index is 13.0. The molecule has 0 unspecified atom stereocenters. The van der Waals surface area contributed by atoms with Gasteiger partial charge in [0.1, 0.15) is 17.3 Å². The number of methoxy groups -OCH3 is 1. The molecule has 2 rings (SSSR count). The van der Waals surface area contributed by atoms with Gasteiger partial charge in [0.2, 0.25) is 0 Å². The van der Waals surface area contributed by atoms with Crippen LogP contribution in [0.15, 0.2) is 42.5 Å². The lowest BCUT2D eigenvalue weighted by Crippen LogP contribution is -1.93. The molecule has 2 aromatic carbocycles. The van der Waals surface area contributed by atoms with E-state index in [9.17, 15) is 4.39 Å². The molecule has 0 saturated heterocycles. The number of benzene rings is 2. The summed E-state index contributed by atoms with van der Waals surface area (Å²) >= 11 is 0. The van der Waals surface area contributed by atoms with Crippen molar-refractivity contribution in [3.05, 3.63) is 48.3 Å². The van der Waals surface area contributed by atoms with Crippen LogP contribution < -0.4 is 15.2 Å². The zero-order valence-electron chi connectivity index (χ0n) is 9.31. The summed E-state index contributed by atoms with van der Waals surface area (Å²) in [5.74, 6) is 1.11. The lowest BCUT2D eigenvalue weighted by molar-refractivity contribution is 0.409. The highest BCUT2D eigenvalue weighted by Crippen LogP contribution is 2.29. The summed E-state index contributed by atoms with van der Waals surface area (Å²) in [5, 5.41) is 0. The van der Waals surface area contributed by atoms with Gasteiger partial charge in [0, 0.05) is 12.1 Å². The van der Waals surface area contributed by atoms with Crippen molar-refractivity contribution in [1.29, 1.82) is 0 Å². The molecule has 0 spiro atoms. The minimum Gasteiger partial charge on any atom is -0.497 e. The summed E-state index contributed by atoms with van der Waals surface area (Å²) in [5.41, 5.74) is 6.07. The normalized spacial score (nSPS) is 10.0. The SMILES string of the molecule is COc1cccc(Oc2cc(F)ccc2N)c1. The molecule has 17 heavy (non-hydrogen) atoms. The number of nitrogen functional groups attached to an aromatic ring is 1. The third-order valence-electron chi connectivity index (χ3n) is 2.24. The second-order valence-corrected chi connectivity index (χ2v) is 3.46. The van der Waals surface area contributed by atoms with E-state index < -0.39 is 5.82 Å². The van der Waals surface area contributed by atoms with Gasteiger partial charge in [0.25, 0.3) is 0 Å². The van der Waals surface area contributed by atoms with Gasteiger partial charge in [0.15, 0.2) is 5.75 Å². The highest BCUT2D eigenvalue weighted by Gasteiger charge is 2.04. The van der Waals surface area contributed by atoms with E-state index in [0.29, 0.717) is 22.9 Å². The molecule has 0 aromatic heterocycles. The van der Waals surface area contributed by atoms with Gasteiger partial charge in [-0.3, -0.25) is 0 Å². The van der Waals surface area contributed by atoms with Crippen LogP contribution in [0, 0.1) is 5.82 Å². The number of nitrogens with two attached hydrogens (primary N) is 1. The van der Waals surface area contributed by atoms with Gasteiger partial charge in [-0.15, -0.1) is 0 Å². The third kappa shape index (κ3) is 2.66. The largest absolute Gasteiger partial charge is 0.497 e. The predicted octanol–water partition coefficient (Wildman–Crippen LogP) is 3.21. The highest BCUT2D eigenvalue weighted by atomic mass is 19.1. The Hall–Kier alpha value is -2.23. The minimum atomic E-state index is -0.392. The van der Waals surface area contributed by atoms with Crippen LogP contribution in [0.2, 0.25) is 0 Å². The summed E-state index contributed by atoms with van der Waals surface area (Å²) in [7, 11) is 1.57. The summed E-state index contributed by atoms with van der Waals surface area (Å²) in [6.07, 6.45) is 0. The van der Waals surface area contributed by atoms with Crippen molar-refractivity contribution in [1.82, 2.24) is 0 Å². The lowest BCUT2D eigenvalue weighted by Gasteiger charge is -2.09. The molecule has 0 saturated carbocycles. The van der Waals surface area contributed by atoms with E-state index in [1.54, 1.807) is 31.4 Å². The topological polar surface area (TPSA) is 44.5 Å². The molecule has 4 heteroatoms. The van der Waals surface area contributed by atoms with Crippen LogP contribution in [0.1, 0.15) is 0 Å². The molecule has 0 heterocycles. The molecule has 2 N–H and O–H groups in total. The number of anilines is 1. The van der Waals surface area contributed by atoms with Crippen molar-refractivity contribution < 1.29 is 13.9 Å². The van der Waals surface area contributed by atoms with Crippen LogP contribution in [0.3, 0.4) is 0 Å². The first kappa shape index (κ1) is 11.3. The molecule has 0 radical (unpaired) electrons. The van der Waals surface area contributed by atoms with Gasteiger partial charge in [-0.25, -0.2) is 4.39 Å². The van der Waals surface area contributed by atoms with Crippen LogP contribution in [0.25, 0.3) is 0 Å². The van der Waals surface area contributed by atoms with Gasteiger partial charge >= 0.3 is 0 Å². The fraction of sp³-hybridized carbons (Fsp3) is 0.0769. The summed E-state index contributed by atoms with van der Waals surface area (Å²) in [4.78, 5) is 0. The van der Waals surface area contributed by atoms with Crippen LogP contribution in [-0.4, -0.2) is 7.11 Å². The maximum absolute atomic E-state index is 13.0. The molecule has 0 fully saturated rings. The fourth-order valence-corrected chi connectivity index (χ4v) is 1.39. The van der Waals surface area contributed by atoms with Gasteiger partial charge in [-0.1, -0.05) is 6.07 Å². The molecule has 0 aliphatic carbocycles. The Balaban J connectivity index is 2.27. The Labute approximate surface area is 98.6 Å². The molecular formula is C13H12FNO2. The molecule has 2 aromatic rings. The zero-order valence-corrected chi connectivity index (χ0v) is 9.31. The molecule has 0 atom stereocenters. The number of rotatable bonds is 3. The molecule has 3 nitrogen and oxygen atoms in total. The number of hydrogen-bond donors (Lipinski definition) is 1. The van der Waals surface area contributed by atoms with E-state index in [4.69, 9.17) is 15.2 Å². The third-order valence-corrected chi connectivity index (χ3v) is 2.24. The van der Waals surface area contributed by atoms with Crippen molar-refractivity contribution in [2.75, 3.05) is 12.8 Å². The minimum absolute atomic E-state index is 0.290. The zero-order chi connectivity index (χ0) is 12.3. The number of ether oxygens (including phenoxy) is 2. The number of hydrogen-bond acceptors (Lipinski definition) is 3. The number of halogens is 1. The van der Waals surface area contributed by atoms with E-state index in [0.717, 1.165) is 0 Å². The van der Waals surface area contributed by atoms with Crippen LogP contribution in [0.4, 0.5) is 10.1 Å². The van der Waals surface area contributed by atoms with Gasteiger partial charge < -0.3 is 15.2 Å². The fourth-order valence-electron chi connectivity index (χ4n) is 1.39. The van der Waals surface area contributed by atoms with Crippen molar-refractivity contribution >= 4 is 5.69 Å². The van der Waals surface area contributed by atoms with Crippen LogP contribution >= 0.6 is 0 Å². The van der Waals surface area contributed by atoms with Crippen LogP contribution in [0.5, 0.6) is 17.2 Å². The standard InChI is InChI=1S/C13H12FNO2/c1-16-10-3-2-4-11(8-10)17-13-7-9(14)5-6-12(13)15/h2-8H,15H2,1H3. The monoisotopic (exact) mass is 233 g/mol. The van der Waals surface area contributed by atoms with E-state index in [-0.39, 0.29) is 0 Å². The van der Waals surface area contributed by atoms with Gasteiger partial charge in [-0.05, 0) is 24.3 Å². The molecule has 0 aliphatic heterocycles. The Kier molecular flexibility index (Phi) is 3.14. The van der Waals surface area contributed by atoms with E-state index in [1.807, 2.05) is 0 Å². The molecule has 0 aliphatic rings. The van der Waals surface area contributed by atoms with Gasteiger partial charge in [0.05, 0.1) is 12.8 Å². The van der Waals surface area contributed by atoms with E-state index >= 15 is 0 Å². The van der Waals surface area contributed by atoms with Crippen molar-refractivity contribution in [3.63, 3.8) is 0 Å². The first-order valence-electron chi connectivity index (χ1n) is 5.06. The first-order chi connectivity index (χ1) is 8.19. The van der Waals surface area contributed by atoms with Crippen molar-refractivity contribution in [2.24, 2.45) is 0 Å². The summed E-state index contributed by atoms with van der Waals surface area (Å²) < 4.78 is 23.6. The molecular weight excluding hydrogens is 221 g/mol. The average molecular weight is 233 g/mol. The molecule has 0 bridgehead atoms. The summed E-state index contributed by atoms with van der Waals surface area (Å²) in [6, 6.07) is 11.0. The van der Waals surface area contributed by atoms with Gasteiger partial charge in [-0.2, -0.15) is 0 Å². The maximum Gasteiger partial charge on any atom is 0.153 e. The summed E-state index contributed by atoms with van der Waals surface area (Å²) in [6.45, 7) is 0. The van der Waals surface area contributed by atoms with Crippen molar-refractivity contribution in [2.45, 2.75) is 0 Å². The Morgan fingerprint density at radius 1 is 1.06 bits per heavy atom. The molecule has 88 valence electrons. The van der Waals surface area contributed by atoms with E-state index in [1.165, 1.54) is 18.2 Å². The van der Waals surface area contributed by atoms with E-state index in [2.05, 4.69) is 0 Å². The van der Waals surface area contributed by atoms with Crippen molar-refractivity contribution in [3.8, 4) is 17.2 Å². The average Bonchev–Trinajstić information content (AvgIpc) is 2.34. The second kappa shape index (κ2) is 4.74. The Morgan fingerprint density at radius 2 is 1.82 bits per heavy atom. The second-order valence-electron chi connectivity index (χ2n) is 3.46. The quantitative estimate of drug-likeness (QED) is 0.828. The predicted molar refractivity (Wildman–Crippen MR) is 63.9 cm³/mol. The highest BCUT2D eigenvalue weighted by molar-refractivity contribution is 5.54.